The van der Waals surface area contributed by atoms with E-state index in [2.05, 4.69) is 10.4 Å². The number of carbonyl (C=O) groups excluding carboxylic acids is 1. The molecule has 3 rings (SSSR count). The van der Waals surface area contributed by atoms with Gasteiger partial charge in [0.25, 0.3) is 5.56 Å². The SMILES string of the molecule is COc1ccc(C2SCC(=O)Nc3c2c(=O)[nH]n3C(C)C)cc1OC. The topological polar surface area (TPSA) is 85.4 Å². The third-order valence-corrected chi connectivity index (χ3v) is 5.36. The highest BCUT2D eigenvalue weighted by Crippen LogP contribution is 2.42. The molecule has 7 nitrogen and oxygen atoms in total. The standard InChI is InChI=1S/C17H21N3O4S/c1-9(2)20-16-14(17(22)19-20)15(25-8-13(21)18-16)10-5-6-11(23-3)12(7-10)24-4/h5-7,9,15H,8H2,1-4H3,(H,18,21)(H,19,22). The summed E-state index contributed by atoms with van der Waals surface area (Å²) in [5.41, 5.74) is 1.24. The molecule has 25 heavy (non-hydrogen) atoms. The molecule has 1 aromatic carbocycles. The van der Waals surface area contributed by atoms with Crippen LogP contribution in [0, 0.1) is 0 Å². The molecule has 0 bridgehead atoms. The number of nitrogens with zero attached hydrogens (tertiary/aromatic N) is 1. The Morgan fingerprint density at radius 3 is 2.56 bits per heavy atom. The van der Waals surface area contributed by atoms with E-state index in [1.165, 1.54) is 11.8 Å². The van der Waals surface area contributed by atoms with Gasteiger partial charge in [-0.2, -0.15) is 0 Å². The second-order valence-corrected chi connectivity index (χ2v) is 7.11. The summed E-state index contributed by atoms with van der Waals surface area (Å²) >= 11 is 1.42. The van der Waals surface area contributed by atoms with Gasteiger partial charge in [0.2, 0.25) is 5.91 Å². The molecule has 2 N–H and O–H groups in total. The summed E-state index contributed by atoms with van der Waals surface area (Å²) in [5, 5.41) is 5.41. The van der Waals surface area contributed by atoms with E-state index in [1.54, 1.807) is 18.9 Å². The number of thioether (sulfide) groups is 1. The highest BCUT2D eigenvalue weighted by Gasteiger charge is 2.31. The van der Waals surface area contributed by atoms with E-state index in [4.69, 9.17) is 9.47 Å². The van der Waals surface area contributed by atoms with Gasteiger partial charge in [-0.3, -0.25) is 19.4 Å². The van der Waals surface area contributed by atoms with Crippen LogP contribution in [0.15, 0.2) is 23.0 Å². The second kappa shape index (κ2) is 6.87. The fraction of sp³-hybridized carbons (Fsp3) is 0.412. The summed E-state index contributed by atoms with van der Waals surface area (Å²) < 4.78 is 12.4. The first kappa shape index (κ1) is 17.5. The minimum atomic E-state index is -0.280. The summed E-state index contributed by atoms with van der Waals surface area (Å²) in [7, 11) is 3.15. The first-order chi connectivity index (χ1) is 12.0. The lowest BCUT2D eigenvalue weighted by Gasteiger charge is -2.16. The van der Waals surface area contributed by atoms with Crippen molar-refractivity contribution in [3.63, 3.8) is 0 Å². The van der Waals surface area contributed by atoms with E-state index in [-0.39, 0.29) is 28.5 Å². The van der Waals surface area contributed by atoms with Crippen molar-refractivity contribution in [1.82, 2.24) is 9.78 Å². The number of methoxy groups -OCH3 is 2. The van der Waals surface area contributed by atoms with Crippen molar-refractivity contribution < 1.29 is 14.3 Å². The zero-order valence-electron chi connectivity index (χ0n) is 14.6. The highest BCUT2D eigenvalue weighted by molar-refractivity contribution is 8.00. The van der Waals surface area contributed by atoms with Gasteiger partial charge in [0.1, 0.15) is 5.82 Å². The molecule has 0 radical (unpaired) electrons. The maximum atomic E-state index is 12.6. The Morgan fingerprint density at radius 1 is 1.20 bits per heavy atom. The largest absolute Gasteiger partial charge is 0.493 e. The maximum absolute atomic E-state index is 12.6. The molecule has 1 aliphatic rings. The number of carbonyl (C=O) groups is 1. The first-order valence-corrected chi connectivity index (χ1v) is 8.99. The minimum absolute atomic E-state index is 0.0194. The highest BCUT2D eigenvalue weighted by atomic mass is 32.2. The summed E-state index contributed by atoms with van der Waals surface area (Å²) in [6, 6.07) is 5.57. The van der Waals surface area contributed by atoms with Gasteiger partial charge < -0.3 is 14.8 Å². The van der Waals surface area contributed by atoms with Gasteiger partial charge in [-0.25, -0.2) is 0 Å². The number of fused-ring (bicyclic) bond motifs is 1. The number of aromatic amines is 1. The molecule has 0 saturated carbocycles. The number of anilines is 1. The molecule has 8 heteroatoms. The molecular formula is C17H21N3O4S. The van der Waals surface area contributed by atoms with Crippen LogP contribution in [0.2, 0.25) is 0 Å². The Bertz CT molecular complexity index is 856. The van der Waals surface area contributed by atoms with Crippen LogP contribution in [-0.2, 0) is 4.79 Å². The van der Waals surface area contributed by atoms with E-state index in [0.29, 0.717) is 22.9 Å². The molecule has 2 aromatic rings. The monoisotopic (exact) mass is 363 g/mol. The molecule has 1 aromatic heterocycles. The van der Waals surface area contributed by atoms with Crippen LogP contribution in [0.25, 0.3) is 0 Å². The lowest BCUT2D eigenvalue weighted by molar-refractivity contribution is -0.113. The molecule has 0 spiro atoms. The number of benzene rings is 1. The van der Waals surface area contributed by atoms with Gasteiger partial charge >= 0.3 is 0 Å². The molecule has 134 valence electrons. The Kier molecular flexibility index (Phi) is 4.80. The number of aromatic nitrogens is 2. The Hall–Kier alpha value is -2.35. The van der Waals surface area contributed by atoms with Gasteiger partial charge in [0.05, 0.1) is 30.8 Å². The van der Waals surface area contributed by atoms with Gasteiger partial charge in [0.15, 0.2) is 11.5 Å². The number of ether oxygens (including phenoxy) is 2. The summed E-state index contributed by atoms with van der Waals surface area (Å²) in [4.78, 5) is 24.7. The number of amides is 1. The molecule has 0 saturated heterocycles. The zero-order valence-corrected chi connectivity index (χ0v) is 15.4. The van der Waals surface area contributed by atoms with Crippen molar-refractivity contribution in [2.75, 3.05) is 25.3 Å². The van der Waals surface area contributed by atoms with Crippen molar-refractivity contribution in [3.05, 3.63) is 39.7 Å². The van der Waals surface area contributed by atoms with E-state index >= 15 is 0 Å². The second-order valence-electron chi connectivity index (χ2n) is 6.02. The van der Waals surface area contributed by atoms with Crippen molar-refractivity contribution in [2.45, 2.75) is 25.1 Å². The summed E-state index contributed by atoms with van der Waals surface area (Å²) in [6.45, 7) is 3.90. The fourth-order valence-corrected chi connectivity index (χ4v) is 4.02. The van der Waals surface area contributed by atoms with E-state index in [9.17, 15) is 9.59 Å². The Balaban J connectivity index is 2.16. The minimum Gasteiger partial charge on any atom is -0.493 e. The molecule has 1 amide bonds. The van der Waals surface area contributed by atoms with Crippen LogP contribution in [0.3, 0.4) is 0 Å². The van der Waals surface area contributed by atoms with Gasteiger partial charge in [-0.15, -0.1) is 11.8 Å². The summed E-state index contributed by atoms with van der Waals surface area (Å²) in [5.74, 6) is 1.89. The van der Waals surface area contributed by atoms with E-state index < -0.39 is 0 Å². The van der Waals surface area contributed by atoms with Crippen LogP contribution in [0.4, 0.5) is 5.82 Å². The van der Waals surface area contributed by atoms with Crippen molar-refractivity contribution in [1.29, 1.82) is 0 Å². The van der Waals surface area contributed by atoms with Crippen molar-refractivity contribution in [3.8, 4) is 11.5 Å². The third kappa shape index (κ3) is 3.13. The van der Waals surface area contributed by atoms with Crippen LogP contribution in [0.5, 0.6) is 11.5 Å². The van der Waals surface area contributed by atoms with Gasteiger partial charge in [-0.1, -0.05) is 6.07 Å². The van der Waals surface area contributed by atoms with Crippen LogP contribution in [0.1, 0.15) is 36.3 Å². The maximum Gasteiger partial charge on any atom is 0.270 e. The number of rotatable bonds is 4. The lowest BCUT2D eigenvalue weighted by atomic mass is 10.1. The smallest absolute Gasteiger partial charge is 0.270 e. The number of H-pyrrole nitrogens is 1. The Morgan fingerprint density at radius 2 is 1.92 bits per heavy atom. The van der Waals surface area contributed by atoms with Crippen LogP contribution in [-0.4, -0.2) is 35.7 Å². The van der Waals surface area contributed by atoms with Crippen LogP contribution >= 0.6 is 11.8 Å². The first-order valence-electron chi connectivity index (χ1n) is 7.94. The fourth-order valence-electron chi connectivity index (χ4n) is 2.91. The molecule has 1 atom stereocenters. The predicted octanol–water partition coefficient (Wildman–Crippen LogP) is 2.55. The normalized spacial score (nSPS) is 17.0. The number of hydrogen-bond donors (Lipinski definition) is 2. The number of nitrogens with one attached hydrogen (secondary N) is 2. The quantitative estimate of drug-likeness (QED) is 0.872. The zero-order chi connectivity index (χ0) is 18.1. The van der Waals surface area contributed by atoms with Crippen LogP contribution < -0.4 is 20.3 Å². The Labute approximate surface area is 149 Å². The molecule has 0 aliphatic carbocycles. The molecule has 0 fully saturated rings. The molecular weight excluding hydrogens is 342 g/mol. The average Bonchev–Trinajstić information content (AvgIpc) is 2.81. The molecule has 2 heterocycles. The van der Waals surface area contributed by atoms with Crippen molar-refractivity contribution in [2.24, 2.45) is 0 Å². The van der Waals surface area contributed by atoms with Gasteiger partial charge in [0, 0.05) is 6.04 Å². The van der Waals surface area contributed by atoms with E-state index in [1.807, 2.05) is 32.0 Å². The average molecular weight is 363 g/mol. The predicted molar refractivity (Wildman–Crippen MR) is 97.9 cm³/mol. The number of hydrogen-bond acceptors (Lipinski definition) is 5. The van der Waals surface area contributed by atoms with Crippen molar-refractivity contribution >= 4 is 23.5 Å². The third-order valence-electron chi connectivity index (χ3n) is 4.09. The van der Waals surface area contributed by atoms with E-state index in [0.717, 1.165) is 5.56 Å². The summed E-state index contributed by atoms with van der Waals surface area (Å²) in [6.07, 6.45) is 0. The molecule has 1 aliphatic heterocycles. The van der Waals surface area contributed by atoms with Gasteiger partial charge in [-0.05, 0) is 31.5 Å². The molecule has 1 unspecified atom stereocenters. The lowest BCUT2D eigenvalue weighted by Crippen LogP contribution is -2.17.